The van der Waals surface area contributed by atoms with E-state index in [0.29, 0.717) is 11.8 Å². The number of carbonyl (C=O) groups is 1. The Hall–Kier alpha value is -0.810. The summed E-state index contributed by atoms with van der Waals surface area (Å²) in [6, 6.07) is 0. The number of ether oxygens (including phenoxy) is 2. The molecule has 0 radical (unpaired) electrons. The zero-order chi connectivity index (χ0) is 15.7. The molecule has 21 heavy (non-hydrogen) atoms. The standard InChI is InChI=1S/C16H30N2O3/c1-12-9-18(14(19)21-15(2,3)4)7-6-13(12)8-16(20-5)10-17-11-16/h12-13,17H,6-11H2,1-5H3. The fourth-order valence-electron chi connectivity index (χ4n) is 3.24. The Kier molecular flexibility index (Phi) is 4.83. The number of hydrogen-bond acceptors (Lipinski definition) is 4. The predicted octanol–water partition coefficient (Wildman–Crippen LogP) is 2.26. The van der Waals surface area contributed by atoms with Crippen LogP contribution in [0.3, 0.4) is 0 Å². The van der Waals surface area contributed by atoms with E-state index in [-0.39, 0.29) is 11.7 Å². The molecule has 1 N–H and O–H groups in total. The van der Waals surface area contributed by atoms with Crippen LogP contribution >= 0.6 is 0 Å². The number of amides is 1. The average Bonchev–Trinajstić information content (AvgIpc) is 2.33. The zero-order valence-corrected chi connectivity index (χ0v) is 14.1. The van der Waals surface area contributed by atoms with E-state index in [1.54, 1.807) is 7.11 Å². The number of rotatable bonds is 3. The molecule has 2 saturated heterocycles. The van der Waals surface area contributed by atoms with Gasteiger partial charge in [-0.05, 0) is 45.4 Å². The monoisotopic (exact) mass is 298 g/mol. The number of nitrogens with zero attached hydrogens (tertiary/aromatic N) is 1. The normalized spacial score (nSPS) is 28.9. The van der Waals surface area contributed by atoms with Crippen LogP contribution in [0.4, 0.5) is 4.79 Å². The van der Waals surface area contributed by atoms with Crippen LogP contribution < -0.4 is 5.32 Å². The van der Waals surface area contributed by atoms with Crippen molar-refractivity contribution in [2.45, 2.75) is 51.7 Å². The smallest absolute Gasteiger partial charge is 0.410 e. The molecule has 0 aromatic rings. The Morgan fingerprint density at radius 3 is 2.48 bits per heavy atom. The minimum absolute atomic E-state index is 0.0208. The van der Waals surface area contributed by atoms with Crippen LogP contribution in [0.5, 0.6) is 0 Å². The number of carbonyl (C=O) groups excluding carboxylic acids is 1. The molecule has 2 aliphatic rings. The first-order chi connectivity index (χ1) is 9.75. The van der Waals surface area contributed by atoms with Crippen molar-refractivity contribution in [3.05, 3.63) is 0 Å². The van der Waals surface area contributed by atoms with Gasteiger partial charge in [-0.15, -0.1) is 0 Å². The SMILES string of the molecule is COC1(CC2CCN(C(=O)OC(C)(C)C)CC2C)CNC1. The molecule has 5 nitrogen and oxygen atoms in total. The van der Waals surface area contributed by atoms with Gasteiger partial charge >= 0.3 is 6.09 Å². The summed E-state index contributed by atoms with van der Waals surface area (Å²) in [6.45, 7) is 11.4. The summed E-state index contributed by atoms with van der Waals surface area (Å²) < 4.78 is 11.2. The maximum Gasteiger partial charge on any atom is 0.410 e. The molecule has 0 aromatic heterocycles. The van der Waals surface area contributed by atoms with Gasteiger partial charge in [-0.1, -0.05) is 6.92 Å². The van der Waals surface area contributed by atoms with Gasteiger partial charge in [0.05, 0.1) is 5.60 Å². The zero-order valence-electron chi connectivity index (χ0n) is 14.1. The van der Waals surface area contributed by atoms with Gasteiger partial charge in [0.2, 0.25) is 0 Å². The fraction of sp³-hybridized carbons (Fsp3) is 0.938. The molecule has 122 valence electrons. The average molecular weight is 298 g/mol. The third-order valence-corrected chi connectivity index (χ3v) is 4.70. The Bertz CT molecular complexity index is 369. The summed E-state index contributed by atoms with van der Waals surface area (Å²) in [5.74, 6) is 1.10. The summed E-state index contributed by atoms with van der Waals surface area (Å²) in [4.78, 5) is 14.0. The quantitative estimate of drug-likeness (QED) is 0.868. The number of likely N-dealkylation sites (tertiary alicyclic amines) is 1. The maximum atomic E-state index is 12.1. The molecule has 2 heterocycles. The lowest BCUT2D eigenvalue weighted by Crippen LogP contribution is -2.62. The van der Waals surface area contributed by atoms with Crippen LogP contribution in [0, 0.1) is 11.8 Å². The van der Waals surface area contributed by atoms with Crippen LogP contribution in [0.1, 0.15) is 40.5 Å². The highest BCUT2D eigenvalue weighted by molar-refractivity contribution is 5.68. The van der Waals surface area contributed by atoms with Gasteiger partial charge in [-0.3, -0.25) is 0 Å². The van der Waals surface area contributed by atoms with Crippen LogP contribution in [0.25, 0.3) is 0 Å². The molecule has 1 amide bonds. The molecule has 0 aliphatic carbocycles. The van der Waals surface area contributed by atoms with Crippen molar-refractivity contribution in [1.29, 1.82) is 0 Å². The van der Waals surface area contributed by atoms with Gasteiger partial charge in [-0.2, -0.15) is 0 Å². The van der Waals surface area contributed by atoms with Gasteiger partial charge in [0.15, 0.2) is 0 Å². The van der Waals surface area contributed by atoms with Gasteiger partial charge in [0.25, 0.3) is 0 Å². The highest BCUT2D eigenvalue weighted by atomic mass is 16.6. The minimum atomic E-state index is -0.422. The third-order valence-electron chi connectivity index (χ3n) is 4.70. The first kappa shape index (κ1) is 16.6. The topological polar surface area (TPSA) is 50.8 Å². The second-order valence-electron chi connectivity index (χ2n) is 7.65. The summed E-state index contributed by atoms with van der Waals surface area (Å²) in [6.07, 6.45) is 1.94. The van der Waals surface area contributed by atoms with Crippen molar-refractivity contribution in [2.75, 3.05) is 33.3 Å². The van der Waals surface area contributed by atoms with Crippen LogP contribution in [0.15, 0.2) is 0 Å². The van der Waals surface area contributed by atoms with Crippen molar-refractivity contribution >= 4 is 6.09 Å². The number of methoxy groups -OCH3 is 1. The molecule has 2 aliphatic heterocycles. The molecular formula is C16H30N2O3. The van der Waals surface area contributed by atoms with Crippen LogP contribution in [-0.4, -0.2) is 55.5 Å². The van der Waals surface area contributed by atoms with Crippen LogP contribution in [-0.2, 0) is 9.47 Å². The molecule has 2 rings (SSSR count). The maximum absolute atomic E-state index is 12.1. The Balaban J connectivity index is 1.86. The van der Waals surface area contributed by atoms with Crippen LogP contribution in [0.2, 0.25) is 0 Å². The van der Waals surface area contributed by atoms with Crippen molar-refractivity contribution in [2.24, 2.45) is 11.8 Å². The molecular weight excluding hydrogens is 268 g/mol. The van der Waals surface area contributed by atoms with E-state index in [9.17, 15) is 4.79 Å². The van der Waals surface area contributed by atoms with Gasteiger partial charge in [0.1, 0.15) is 5.60 Å². The first-order valence-corrected chi connectivity index (χ1v) is 7.98. The predicted molar refractivity (Wildman–Crippen MR) is 82.3 cm³/mol. The van der Waals surface area contributed by atoms with E-state index in [0.717, 1.165) is 39.0 Å². The summed E-state index contributed by atoms with van der Waals surface area (Å²) in [7, 11) is 1.81. The van der Waals surface area contributed by atoms with Gasteiger partial charge in [0, 0.05) is 33.3 Å². The highest BCUT2D eigenvalue weighted by Gasteiger charge is 2.42. The molecule has 0 aromatic carbocycles. The fourth-order valence-corrected chi connectivity index (χ4v) is 3.24. The van der Waals surface area contributed by atoms with E-state index >= 15 is 0 Å². The van der Waals surface area contributed by atoms with E-state index in [4.69, 9.17) is 9.47 Å². The largest absolute Gasteiger partial charge is 0.444 e. The third kappa shape index (κ3) is 4.10. The molecule has 2 unspecified atom stereocenters. The second kappa shape index (κ2) is 6.13. The van der Waals surface area contributed by atoms with Crippen molar-refractivity contribution in [3.8, 4) is 0 Å². The van der Waals surface area contributed by atoms with Crippen molar-refractivity contribution in [1.82, 2.24) is 10.2 Å². The Labute approximate surface area is 128 Å². The second-order valence-corrected chi connectivity index (χ2v) is 7.65. The lowest BCUT2D eigenvalue weighted by molar-refractivity contribution is -0.0786. The summed E-state index contributed by atoms with van der Waals surface area (Å²) >= 11 is 0. The lowest BCUT2D eigenvalue weighted by Gasteiger charge is -2.46. The van der Waals surface area contributed by atoms with Gasteiger partial charge < -0.3 is 19.7 Å². The lowest BCUT2D eigenvalue weighted by atomic mass is 9.76. The number of hydrogen-bond donors (Lipinski definition) is 1. The van der Waals surface area contributed by atoms with E-state index in [1.165, 1.54) is 0 Å². The van der Waals surface area contributed by atoms with E-state index < -0.39 is 5.60 Å². The highest BCUT2D eigenvalue weighted by Crippen LogP contribution is 2.34. The summed E-state index contributed by atoms with van der Waals surface area (Å²) in [5.41, 5.74) is -0.401. The number of nitrogens with one attached hydrogen (secondary N) is 1. The Morgan fingerprint density at radius 1 is 1.38 bits per heavy atom. The molecule has 0 saturated carbocycles. The minimum Gasteiger partial charge on any atom is -0.444 e. The van der Waals surface area contributed by atoms with E-state index in [1.807, 2.05) is 25.7 Å². The molecule has 0 bridgehead atoms. The first-order valence-electron chi connectivity index (χ1n) is 7.98. The van der Waals surface area contributed by atoms with Gasteiger partial charge in [-0.25, -0.2) is 4.79 Å². The van der Waals surface area contributed by atoms with Crippen molar-refractivity contribution in [3.63, 3.8) is 0 Å². The Morgan fingerprint density at radius 2 is 2.05 bits per heavy atom. The molecule has 0 spiro atoms. The summed E-state index contributed by atoms with van der Waals surface area (Å²) in [5, 5.41) is 3.30. The molecule has 5 heteroatoms. The van der Waals surface area contributed by atoms with Crippen molar-refractivity contribution < 1.29 is 14.3 Å². The number of piperidine rings is 1. The molecule has 2 fully saturated rings. The molecule has 2 atom stereocenters. The van der Waals surface area contributed by atoms with E-state index in [2.05, 4.69) is 12.2 Å².